The first-order valence-electron chi connectivity index (χ1n) is 8.20. The molecule has 0 saturated heterocycles. The highest BCUT2D eigenvalue weighted by Crippen LogP contribution is 2.30. The van der Waals surface area contributed by atoms with Crippen LogP contribution < -0.4 is 5.48 Å². The second-order valence-electron chi connectivity index (χ2n) is 6.37. The predicted octanol–water partition coefficient (Wildman–Crippen LogP) is 2.63. The molecule has 0 radical (unpaired) electrons. The lowest BCUT2D eigenvalue weighted by atomic mass is 9.88. The Morgan fingerprint density at radius 2 is 1.87 bits per heavy atom. The fourth-order valence-electron chi connectivity index (χ4n) is 3.49. The average molecular weight is 314 g/mol. The largest absolute Gasteiger partial charge is 0.334 e. The number of nitrogens with one attached hydrogen (secondary N) is 1. The number of carbonyl (C=O) groups is 2. The third kappa shape index (κ3) is 3.62. The maximum Gasteiger partial charge on any atom is 0.267 e. The summed E-state index contributed by atoms with van der Waals surface area (Å²) in [6.45, 7) is 1.34. The molecule has 1 aliphatic carbocycles. The Labute approximate surface area is 135 Å². The normalized spacial score (nSPS) is 18.2. The number of nitrogens with zero attached hydrogens (tertiary/aromatic N) is 1. The molecule has 1 aromatic rings. The van der Waals surface area contributed by atoms with Gasteiger partial charge in [-0.2, -0.15) is 0 Å². The Kier molecular flexibility index (Phi) is 4.76. The number of hydrogen-bond acceptors (Lipinski definition) is 3. The van der Waals surface area contributed by atoms with Crippen LogP contribution in [0.5, 0.6) is 0 Å². The summed E-state index contributed by atoms with van der Waals surface area (Å²) in [6, 6.07) is 5.94. The third-order valence-corrected chi connectivity index (χ3v) is 4.76. The summed E-state index contributed by atoms with van der Waals surface area (Å²) in [5.74, 6) is -0.0667. The van der Waals surface area contributed by atoms with Crippen LogP contribution >= 0.6 is 0 Å². The molecule has 0 unspecified atom stereocenters. The van der Waals surface area contributed by atoms with E-state index in [1.807, 2.05) is 23.1 Å². The van der Waals surface area contributed by atoms with Crippen LogP contribution in [0.2, 0.25) is 0 Å². The van der Waals surface area contributed by atoms with Crippen molar-refractivity contribution >= 4 is 17.9 Å². The Morgan fingerprint density at radius 3 is 2.61 bits per heavy atom. The monoisotopic (exact) mass is 314 g/mol. The number of benzene rings is 1. The van der Waals surface area contributed by atoms with Crippen molar-refractivity contribution in [1.82, 2.24) is 10.4 Å². The minimum Gasteiger partial charge on any atom is -0.334 e. The van der Waals surface area contributed by atoms with E-state index < -0.39 is 5.91 Å². The molecule has 1 fully saturated rings. The summed E-state index contributed by atoms with van der Waals surface area (Å²) in [4.78, 5) is 25.6. The van der Waals surface area contributed by atoms with Gasteiger partial charge >= 0.3 is 0 Å². The number of fused-ring (bicyclic) bond motifs is 1. The summed E-state index contributed by atoms with van der Waals surface area (Å²) in [6.07, 6.45) is 8.56. The summed E-state index contributed by atoms with van der Waals surface area (Å²) in [5, 5.41) is 8.49. The minimum atomic E-state index is -0.556. The fraction of sp³-hybridized carbons (Fsp3) is 0.444. The van der Waals surface area contributed by atoms with Crippen LogP contribution in [0, 0.1) is 5.92 Å². The number of amides is 2. The van der Waals surface area contributed by atoms with Crippen LogP contribution in [0.15, 0.2) is 24.3 Å². The smallest absolute Gasteiger partial charge is 0.267 e. The molecule has 1 aliphatic heterocycles. The van der Waals surface area contributed by atoms with Gasteiger partial charge in [-0.05, 0) is 41.7 Å². The lowest BCUT2D eigenvalue weighted by Crippen LogP contribution is -2.33. The molecule has 0 spiro atoms. The summed E-state index contributed by atoms with van der Waals surface area (Å²) >= 11 is 0. The molecule has 23 heavy (non-hydrogen) atoms. The lowest BCUT2D eigenvalue weighted by Gasteiger charge is -2.25. The quantitative estimate of drug-likeness (QED) is 0.512. The highest BCUT2D eigenvalue weighted by atomic mass is 16.5. The molecule has 1 saturated carbocycles. The zero-order chi connectivity index (χ0) is 16.2. The van der Waals surface area contributed by atoms with Crippen LogP contribution in [0.1, 0.15) is 48.8 Å². The maximum atomic E-state index is 12.6. The second kappa shape index (κ2) is 6.96. The number of hydroxylamine groups is 1. The first-order chi connectivity index (χ1) is 11.2. The van der Waals surface area contributed by atoms with Gasteiger partial charge in [-0.3, -0.25) is 14.8 Å². The van der Waals surface area contributed by atoms with Gasteiger partial charge in [0.25, 0.3) is 5.91 Å². The van der Waals surface area contributed by atoms with Gasteiger partial charge in [0, 0.05) is 25.1 Å². The fourth-order valence-corrected chi connectivity index (χ4v) is 3.49. The zero-order valence-electron chi connectivity index (χ0n) is 13.1. The van der Waals surface area contributed by atoms with E-state index in [1.165, 1.54) is 30.9 Å². The first-order valence-corrected chi connectivity index (χ1v) is 8.20. The van der Waals surface area contributed by atoms with Crippen LogP contribution in [-0.4, -0.2) is 21.9 Å². The van der Waals surface area contributed by atoms with E-state index in [-0.39, 0.29) is 11.8 Å². The maximum absolute atomic E-state index is 12.6. The van der Waals surface area contributed by atoms with Crippen molar-refractivity contribution in [2.45, 2.75) is 45.2 Å². The molecule has 0 bridgehead atoms. The van der Waals surface area contributed by atoms with Gasteiger partial charge in [0.2, 0.25) is 5.91 Å². The number of carbonyl (C=O) groups excluding carboxylic acids is 2. The van der Waals surface area contributed by atoms with Gasteiger partial charge in [0.05, 0.1) is 0 Å². The van der Waals surface area contributed by atoms with Crippen LogP contribution in [0.25, 0.3) is 6.08 Å². The van der Waals surface area contributed by atoms with Crippen molar-refractivity contribution in [3.05, 3.63) is 41.0 Å². The van der Waals surface area contributed by atoms with Crippen molar-refractivity contribution in [3.8, 4) is 0 Å². The SMILES string of the molecule is O=C(C=Cc1ccc2c(c1)CN(C(=O)C1CCCCC1)C2)NO. The highest BCUT2D eigenvalue weighted by molar-refractivity contribution is 5.90. The van der Waals surface area contributed by atoms with Crippen LogP contribution in [0.3, 0.4) is 0 Å². The third-order valence-electron chi connectivity index (χ3n) is 4.76. The minimum absolute atomic E-state index is 0.200. The Morgan fingerprint density at radius 1 is 1.13 bits per heavy atom. The van der Waals surface area contributed by atoms with Crippen molar-refractivity contribution in [1.29, 1.82) is 0 Å². The molecule has 5 heteroatoms. The topological polar surface area (TPSA) is 69.6 Å². The first kappa shape index (κ1) is 15.7. The molecule has 1 heterocycles. The van der Waals surface area contributed by atoms with E-state index in [0.717, 1.165) is 24.0 Å². The average Bonchev–Trinajstić information content (AvgIpc) is 3.03. The number of hydrogen-bond donors (Lipinski definition) is 2. The van der Waals surface area contributed by atoms with E-state index in [2.05, 4.69) is 0 Å². The van der Waals surface area contributed by atoms with Crippen LogP contribution in [-0.2, 0) is 22.7 Å². The van der Waals surface area contributed by atoms with Crippen molar-refractivity contribution < 1.29 is 14.8 Å². The molecule has 2 aliphatic rings. The Hall–Kier alpha value is -2.14. The second-order valence-corrected chi connectivity index (χ2v) is 6.37. The Bertz CT molecular complexity index is 633. The van der Waals surface area contributed by atoms with Gasteiger partial charge in [0.1, 0.15) is 0 Å². The van der Waals surface area contributed by atoms with E-state index in [9.17, 15) is 9.59 Å². The molecule has 3 rings (SSSR count). The molecular weight excluding hydrogens is 292 g/mol. The Balaban J connectivity index is 1.67. The molecule has 0 atom stereocenters. The van der Waals surface area contributed by atoms with Gasteiger partial charge in [-0.15, -0.1) is 0 Å². The standard InChI is InChI=1S/C18H22N2O3/c21-17(19-23)9-7-13-6-8-15-11-20(12-16(15)10-13)18(22)14-4-2-1-3-5-14/h6-10,14,23H,1-5,11-12H2,(H,19,21). The summed E-state index contributed by atoms with van der Waals surface area (Å²) in [7, 11) is 0. The van der Waals surface area contributed by atoms with Gasteiger partial charge in [0.15, 0.2) is 0 Å². The van der Waals surface area contributed by atoms with E-state index >= 15 is 0 Å². The van der Waals surface area contributed by atoms with Crippen molar-refractivity contribution in [2.24, 2.45) is 5.92 Å². The molecule has 2 N–H and O–H groups in total. The number of rotatable bonds is 3. The highest BCUT2D eigenvalue weighted by Gasteiger charge is 2.29. The van der Waals surface area contributed by atoms with Gasteiger partial charge in [-0.25, -0.2) is 5.48 Å². The molecular formula is C18H22N2O3. The van der Waals surface area contributed by atoms with Crippen molar-refractivity contribution in [3.63, 3.8) is 0 Å². The summed E-state index contributed by atoms with van der Waals surface area (Å²) in [5.41, 5.74) is 4.77. The van der Waals surface area contributed by atoms with Gasteiger partial charge in [-0.1, -0.05) is 31.4 Å². The van der Waals surface area contributed by atoms with Gasteiger partial charge < -0.3 is 4.90 Å². The van der Waals surface area contributed by atoms with Crippen LogP contribution in [0.4, 0.5) is 0 Å². The molecule has 122 valence electrons. The molecule has 0 aromatic heterocycles. The zero-order valence-corrected chi connectivity index (χ0v) is 13.1. The van der Waals surface area contributed by atoms with E-state index in [0.29, 0.717) is 13.1 Å². The lowest BCUT2D eigenvalue weighted by molar-refractivity contribution is -0.137. The molecule has 1 aromatic carbocycles. The predicted molar refractivity (Wildman–Crippen MR) is 86.2 cm³/mol. The molecule has 2 amide bonds. The molecule has 5 nitrogen and oxygen atoms in total. The summed E-state index contributed by atoms with van der Waals surface area (Å²) < 4.78 is 0. The van der Waals surface area contributed by atoms with E-state index in [4.69, 9.17) is 5.21 Å². The van der Waals surface area contributed by atoms with E-state index in [1.54, 1.807) is 11.6 Å². The van der Waals surface area contributed by atoms with Crippen molar-refractivity contribution in [2.75, 3.05) is 0 Å².